The number of amides is 2. The number of methoxy groups -OCH3 is 1. The molecule has 132 valence electrons. The van der Waals surface area contributed by atoms with Gasteiger partial charge in [0, 0.05) is 16.5 Å². The number of benzene rings is 2. The van der Waals surface area contributed by atoms with Crippen LogP contribution in [0.1, 0.15) is 10.4 Å². The number of rotatable bonds is 6. The van der Waals surface area contributed by atoms with E-state index in [1.165, 1.54) is 23.1 Å². The number of hydrogen-bond acceptors (Lipinski definition) is 6. The first kappa shape index (κ1) is 18.2. The first-order valence-electron chi connectivity index (χ1n) is 7.77. The van der Waals surface area contributed by atoms with Crippen molar-refractivity contribution in [2.75, 3.05) is 12.9 Å². The molecule has 0 aliphatic heterocycles. The number of aromatic nitrogens is 1. The minimum Gasteiger partial charge on any atom is -0.497 e. The minimum absolute atomic E-state index is 0.129. The molecule has 2 aromatic carbocycles. The summed E-state index contributed by atoms with van der Waals surface area (Å²) in [6.07, 6.45) is 0. The molecule has 26 heavy (non-hydrogen) atoms. The Morgan fingerprint density at radius 1 is 1.12 bits per heavy atom. The maximum atomic E-state index is 12.1. The molecule has 1 N–H and O–H groups in total. The van der Waals surface area contributed by atoms with Gasteiger partial charge in [-0.05, 0) is 24.3 Å². The van der Waals surface area contributed by atoms with Gasteiger partial charge in [0.05, 0.1) is 18.6 Å². The maximum absolute atomic E-state index is 12.1. The van der Waals surface area contributed by atoms with Crippen LogP contribution < -0.4 is 10.1 Å². The largest absolute Gasteiger partial charge is 0.497 e. The van der Waals surface area contributed by atoms with Gasteiger partial charge < -0.3 is 4.74 Å². The average molecular weight is 384 g/mol. The van der Waals surface area contributed by atoms with Crippen LogP contribution >= 0.6 is 23.1 Å². The Balaban J connectivity index is 1.52. The van der Waals surface area contributed by atoms with Crippen molar-refractivity contribution in [3.05, 3.63) is 65.5 Å². The average Bonchev–Trinajstić information content (AvgIpc) is 3.16. The van der Waals surface area contributed by atoms with Crippen LogP contribution in [0.2, 0.25) is 0 Å². The monoisotopic (exact) mass is 384 g/mol. The lowest BCUT2D eigenvalue weighted by Crippen LogP contribution is -2.31. The molecule has 0 spiro atoms. The summed E-state index contributed by atoms with van der Waals surface area (Å²) in [5.41, 5.74) is 2.33. The summed E-state index contributed by atoms with van der Waals surface area (Å²) in [5.74, 6) is -0.0000322. The molecule has 0 aliphatic carbocycles. The van der Waals surface area contributed by atoms with Crippen molar-refractivity contribution in [3.63, 3.8) is 0 Å². The molecule has 2 amide bonds. The molecule has 0 saturated heterocycles. The van der Waals surface area contributed by atoms with Crippen LogP contribution in [-0.4, -0.2) is 29.7 Å². The number of nitrogens with zero attached hydrogens (tertiary/aromatic N) is 1. The summed E-state index contributed by atoms with van der Waals surface area (Å²) in [7, 11) is 1.55. The van der Waals surface area contributed by atoms with Crippen molar-refractivity contribution >= 4 is 34.9 Å². The topological polar surface area (TPSA) is 68.3 Å². The lowest BCUT2D eigenvalue weighted by Gasteiger charge is -2.04. The first-order chi connectivity index (χ1) is 12.7. The van der Waals surface area contributed by atoms with E-state index in [4.69, 9.17) is 4.74 Å². The molecule has 3 rings (SSSR count). The van der Waals surface area contributed by atoms with Crippen molar-refractivity contribution in [2.45, 2.75) is 4.34 Å². The molecule has 3 aromatic rings. The van der Waals surface area contributed by atoms with Crippen molar-refractivity contribution < 1.29 is 14.3 Å². The third-order valence-electron chi connectivity index (χ3n) is 3.48. The lowest BCUT2D eigenvalue weighted by atomic mass is 10.2. The zero-order valence-corrected chi connectivity index (χ0v) is 15.6. The Morgan fingerprint density at radius 2 is 1.85 bits per heavy atom. The molecule has 0 atom stereocenters. The molecule has 0 aliphatic rings. The fourth-order valence-corrected chi connectivity index (χ4v) is 3.80. The second-order valence-electron chi connectivity index (χ2n) is 5.26. The van der Waals surface area contributed by atoms with E-state index in [9.17, 15) is 9.59 Å². The Morgan fingerprint density at radius 3 is 2.54 bits per heavy atom. The SMILES string of the molecule is COc1ccc(C(=O)NC(=O)CSc2nc(-c3ccccc3)cs2)cc1. The molecule has 7 heteroatoms. The van der Waals surface area contributed by atoms with E-state index >= 15 is 0 Å². The number of imide groups is 1. The van der Waals surface area contributed by atoms with E-state index in [0.717, 1.165) is 15.6 Å². The van der Waals surface area contributed by atoms with E-state index in [1.807, 2.05) is 35.7 Å². The quantitative estimate of drug-likeness (QED) is 0.654. The normalized spacial score (nSPS) is 10.3. The number of nitrogens with one attached hydrogen (secondary N) is 1. The molecule has 0 saturated carbocycles. The fourth-order valence-electron chi connectivity index (χ4n) is 2.17. The second-order valence-corrected chi connectivity index (χ2v) is 7.34. The van der Waals surface area contributed by atoms with Crippen molar-refractivity contribution in [1.29, 1.82) is 0 Å². The maximum Gasteiger partial charge on any atom is 0.257 e. The van der Waals surface area contributed by atoms with Gasteiger partial charge in [0.2, 0.25) is 5.91 Å². The van der Waals surface area contributed by atoms with E-state index in [2.05, 4.69) is 10.3 Å². The van der Waals surface area contributed by atoms with Gasteiger partial charge in [0.1, 0.15) is 5.75 Å². The third-order valence-corrected chi connectivity index (χ3v) is 5.51. The Kier molecular flexibility index (Phi) is 6.04. The smallest absolute Gasteiger partial charge is 0.257 e. The number of carbonyl (C=O) groups is 2. The zero-order chi connectivity index (χ0) is 18.4. The highest BCUT2D eigenvalue weighted by atomic mass is 32.2. The van der Waals surface area contributed by atoms with Crippen molar-refractivity contribution in [1.82, 2.24) is 10.3 Å². The molecule has 0 unspecified atom stereocenters. The Hall–Kier alpha value is -2.64. The van der Waals surface area contributed by atoms with Crippen LogP contribution in [0.25, 0.3) is 11.3 Å². The van der Waals surface area contributed by atoms with E-state index in [1.54, 1.807) is 31.4 Å². The third kappa shape index (κ3) is 4.71. The number of carbonyl (C=O) groups excluding carboxylic acids is 2. The van der Waals surface area contributed by atoms with Gasteiger partial charge >= 0.3 is 0 Å². The molecule has 0 radical (unpaired) electrons. The predicted octanol–water partition coefficient (Wildman–Crippen LogP) is 3.87. The summed E-state index contributed by atoms with van der Waals surface area (Å²) in [6, 6.07) is 16.4. The molecule has 0 fully saturated rings. The number of thiazole rings is 1. The van der Waals surface area contributed by atoms with Crippen LogP contribution in [-0.2, 0) is 4.79 Å². The highest BCUT2D eigenvalue weighted by Crippen LogP contribution is 2.27. The van der Waals surface area contributed by atoms with E-state index in [0.29, 0.717) is 11.3 Å². The second kappa shape index (κ2) is 8.64. The lowest BCUT2D eigenvalue weighted by molar-refractivity contribution is -0.117. The molecule has 0 bridgehead atoms. The highest BCUT2D eigenvalue weighted by Gasteiger charge is 2.12. The highest BCUT2D eigenvalue weighted by molar-refractivity contribution is 8.01. The molecular weight excluding hydrogens is 368 g/mol. The number of thioether (sulfide) groups is 1. The zero-order valence-electron chi connectivity index (χ0n) is 14.0. The summed E-state index contributed by atoms with van der Waals surface area (Å²) in [6.45, 7) is 0. The van der Waals surface area contributed by atoms with Gasteiger partial charge in [-0.25, -0.2) is 4.98 Å². The van der Waals surface area contributed by atoms with Gasteiger partial charge in [-0.1, -0.05) is 42.1 Å². The van der Waals surface area contributed by atoms with Crippen LogP contribution in [0.3, 0.4) is 0 Å². The molecule has 1 heterocycles. The van der Waals surface area contributed by atoms with Gasteiger partial charge in [0.15, 0.2) is 4.34 Å². The first-order valence-corrected chi connectivity index (χ1v) is 9.64. The Bertz CT molecular complexity index is 893. The molecule has 5 nitrogen and oxygen atoms in total. The van der Waals surface area contributed by atoms with Gasteiger partial charge in [-0.3, -0.25) is 14.9 Å². The standard InChI is InChI=1S/C19H16N2O3S2/c1-24-15-9-7-14(8-10-15)18(23)21-17(22)12-26-19-20-16(11-25-19)13-5-3-2-4-6-13/h2-11H,12H2,1H3,(H,21,22,23). The summed E-state index contributed by atoms with van der Waals surface area (Å²) in [5, 5.41) is 4.34. The Labute approximate surface area is 159 Å². The van der Waals surface area contributed by atoms with Crippen LogP contribution in [0, 0.1) is 0 Å². The van der Waals surface area contributed by atoms with Crippen LogP contribution in [0.5, 0.6) is 5.75 Å². The predicted molar refractivity (Wildman–Crippen MR) is 104 cm³/mol. The summed E-state index contributed by atoms with van der Waals surface area (Å²) in [4.78, 5) is 28.6. The van der Waals surface area contributed by atoms with Crippen LogP contribution in [0.4, 0.5) is 0 Å². The summed E-state index contributed by atoms with van der Waals surface area (Å²) >= 11 is 2.79. The fraction of sp³-hybridized carbons (Fsp3) is 0.105. The van der Waals surface area contributed by atoms with Gasteiger partial charge in [0.25, 0.3) is 5.91 Å². The minimum atomic E-state index is -0.428. The van der Waals surface area contributed by atoms with Crippen LogP contribution in [0.15, 0.2) is 64.3 Å². The van der Waals surface area contributed by atoms with Crippen molar-refractivity contribution in [2.24, 2.45) is 0 Å². The van der Waals surface area contributed by atoms with Gasteiger partial charge in [-0.2, -0.15) is 0 Å². The van der Waals surface area contributed by atoms with E-state index in [-0.39, 0.29) is 11.7 Å². The van der Waals surface area contributed by atoms with Crippen molar-refractivity contribution in [3.8, 4) is 17.0 Å². The van der Waals surface area contributed by atoms with Gasteiger partial charge in [-0.15, -0.1) is 11.3 Å². The molecule has 1 aromatic heterocycles. The summed E-state index contributed by atoms with van der Waals surface area (Å²) < 4.78 is 5.83. The number of ether oxygens (including phenoxy) is 1. The number of hydrogen-bond donors (Lipinski definition) is 1. The molecular formula is C19H16N2O3S2. The van der Waals surface area contributed by atoms with E-state index < -0.39 is 5.91 Å².